The van der Waals surface area contributed by atoms with E-state index in [4.69, 9.17) is 9.84 Å². The molecule has 0 bridgehead atoms. The molecule has 1 fully saturated rings. The van der Waals surface area contributed by atoms with Gasteiger partial charge in [0, 0.05) is 0 Å². The molecule has 1 saturated carbocycles. The minimum Gasteiger partial charge on any atom is -0.460 e. The molecule has 0 aromatic rings. The summed E-state index contributed by atoms with van der Waals surface area (Å²) < 4.78 is 5.34. The van der Waals surface area contributed by atoms with E-state index in [0.29, 0.717) is 11.8 Å². The summed E-state index contributed by atoms with van der Waals surface area (Å²) in [7, 11) is 0. The quantitative estimate of drug-likeness (QED) is 0.732. The highest BCUT2D eigenvalue weighted by Gasteiger charge is 2.31. The molecule has 15 heavy (non-hydrogen) atoms. The average molecular weight is 214 g/mol. The molecule has 0 saturated heterocycles. The van der Waals surface area contributed by atoms with Gasteiger partial charge in [-0.25, -0.2) is 4.79 Å². The maximum absolute atomic E-state index is 11.3. The van der Waals surface area contributed by atoms with Crippen LogP contribution in [0.1, 0.15) is 46.5 Å². The van der Waals surface area contributed by atoms with E-state index >= 15 is 0 Å². The molecule has 0 aliphatic heterocycles. The largest absolute Gasteiger partial charge is 0.460 e. The number of hydrogen-bond donors (Lipinski definition) is 1. The molecule has 0 radical (unpaired) electrons. The Morgan fingerprint density at radius 1 is 1.27 bits per heavy atom. The van der Waals surface area contributed by atoms with Crippen LogP contribution >= 0.6 is 0 Å². The minimum absolute atomic E-state index is 0.0147. The summed E-state index contributed by atoms with van der Waals surface area (Å²) in [4.78, 5) is 11.3. The number of carbonyl (C=O) groups excluding carboxylic acids is 1. The maximum Gasteiger partial charge on any atom is 0.334 e. The molecule has 1 aliphatic rings. The van der Waals surface area contributed by atoms with E-state index in [-0.39, 0.29) is 6.10 Å². The summed E-state index contributed by atoms with van der Waals surface area (Å²) in [6.07, 6.45) is 3.45. The molecular formula is C12H22O3. The summed E-state index contributed by atoms with van der Waals surface area (Å²) in [5, 5.41) is 9.10. The zero-order valence-electron chi connectivity index (χ0n) is 9.90. The van der Waals surface area contributed by atoms with Gasteiger partial charge in [0.05, 0.1) is 0 Å². The molecule has 88 valence electrons. The predicted molar refractivity (Wildman–Crippen MR) is 58.4 cm³/mol. The monoisotopic (exact) mass is 214 g/mol. The van der Waals surface area contributed by atoms with Crippen LogP contribution < -0.4 is 0 Å². The summed E-state index contributed by atoms with van der Waals surface area (Å²) >= 11 is 0. The van der Waals surface area contributed by atoms with Crippen LogP contribution in [0.25, 0.3) is 0 Å². The van der Waals surface area contributed by atoms with Crippen molar-refractivity contribution in [2.75, 3.05) is 0 Å². The number of ether oxygens (including phenoxy) is 1. The predicted octanol–water partition coefficient (Wildman–Crippen LogP) is 2.13. The Labute approximate surface area is 91.8 Å². The van der Waals surface area contributed by atoms with Gasteiger partial charge in [-0.1, -0.05) is 20.3 Å². The van der Waals surface area contributed by atoms with Crippen LogP contribution in [0.3, 0.4) is 0 Å². The van der Waals surface area contributed by atoms with E-state index in [9.17, 15) is 4.79 Å². The number of aliphatic hydroxyl groups is 1. The van der Waals surface area contributed by atoms with E-state index in [1.165, 1.54) is 13.3 Å². The van der Waals surface area contributed by atoms with Gasteiger partial charge >= 0.3 is 5.97 Å². The summed E-state index contributed by atoms with van der Waals surface area (Å²) in [5.41, 5.74) is 0. The van der Waals surface area contributed by atoms with Gasteiger partial charge in [-0.3, -0.25) is 0 Å². The van der Waals surface area contributed by atoms with Crippen molar-refractivity contribution in [1.82, 2.24) is 0 Å². The Bertz CT molecular complexity index is 211. The minimum atomic E-state index is -1.00. The van der Waals surface area contributed by atoms with E-state index in [1.807, 2.05) is 0 Å². The van der Waals surface area contributed by atoms with Gasteiger partial charge in [0.15, 0.2) is 0 Å². The fourth-order valence-electron chi connectivity index (χ4n) is 2.28. The van der Waals surface area contributed by atoms with Gasteiger partial charge in [0.2, 0.25) is 0 Å². The lowest BCUT2D eigenvalue weighted by Gasteiger charge is -2.34. The van der Waals surface area contributed by atoms with Crippen molar-refractivity contribution in [3.05, 3.63) is 0 Å². The lowest BCUT2D eigenvalue weighted by Crippen LogP contribution is -2.35. The molecule has 0 spiro atoms. The van der Waals surface area contributed by atoms with Crippen molar-refractivity contribution < 1.29 is 14.6 Å². The molecule has 0 aromatic heterocycles. The number of carbonyl (C=O) groups is 1. The standard InChI is InChI=1S/C12H22O3/c1-8(2)10-6-4-5-7-11(10)15-12(14)9(3)13/h8-11,13H,4-7H2,1-3H3. The Morgan fingerprint density at radius 2 is 1.87 bits per heavy atom. The molecule has 1 N–H and O–H groups in total. The second-order valence-corrected chi connectivity index (χ2v) is 4.84. The van der Waals surface area contributed by atoms with Gasteiger partial charge in [0.1, 0.15) is 12.2 Å². The molecule has 0 aromatic carbocycles. The second-order valence-electron chi connectivity index (χ2n) is 4.84. The van der Waals surface area contributed by atoms with Crippen molar-refractivity contribution in [2.45, 2.75) is 58.7 Å². The highest BCUT2D eigenvalue weighted by Crippen LogP contribution is 2.32. The fraction of sp³-hybridized carbons (Fsp3) is 0.917. The molecule has 0 heterocycles. The first kappa shape index (κ1) is 12.5. The van der Waals surface area contributed by atoms with Crippen LogP contribution in [0.2, 0.25) is 0 Å². The van der Waals surface area contributed by atoms with Crippen LogP contribution in [0.5, 0.6) is 0 Å². The summed E-state index contributed by atoms with van der Waals surface area (Å²) in [5.74, 6) is 0.520. The Morgan fingerprint density at radius 3 is 2.40 bits per heavy atom. The Kier molecular flexibility index (Phi) is 4.58. The SMILES string of the molecule is CC(O)C(=O)OC1CCCCC1C(C)C. The van der Waals surface area contributed by atoms with Crippen LogP contribution in [-0.4, -0.2) is 23.3 Å². The van der Waals surface area contributed by atoms with Crippen LogP contribution in [0.4, 0.5) is 0 Å². The van der Waals surface area contributed by atoms with E-state index in [2.05, 4.69) is 13.8 Å². The van der Waals surface area contributed by atoms with Crippen LogP contribution in [0.15, 0.2) is 0 Å². The van der Waals surface area contributed by atoms with Gasteiger partial charge < -0.3 is 9.84 Å². The highest BCUT2D eigenvalue weighted by molar-refractivity contribution is 5.74. The number of aliphatic hydroxyl groups excluding tert-OH is 1. The zero-order valence-corrected chi connectivity index (χ0v) is 9.90. The molecule has 1 aliphatic carbocycles. The number of esters is 1. The normalized spacial score (nSPS) is 28.9. The van der Waals surface area contributed by atoms with Crippen molar-refractivity contribution in [3.8, 4) is 0 Å². The first-order valence-electron chi connectivity index (χ1n) is 5.91. The average Bonchev–Trinajstić information content (AvgIpc) is 2.18. The lowest BCUT2D eigenvalue weighted by molar-refractivity contribution is -0.163. The molecule has 3 unspecified atom stereocenters. The number of rotatable bonds is 3. The first-order chi connectivity index (χ1) is 7.02. The van der Waals surface area contributed by atoms with E-state index in [0.717, 1.165) is 19.3 Å². The summed E-state index contributed by atoms with van der Waals surface area (Å²) in [6, 6.07) is 0. The van der Waals surface area contributed by atoms with Crippen molar-refractivity contribution in [1.29, 1.82) is 0 Å². The second kappa shape index (κ2) is 5.50. The van der Waals surface area contributed by atoms with Crippen molar-refractivity contribution in [3.63, 3.8) is 0 Å². The van der Waals surface area contributed by atoms with Gasteiger partial charge in [-0.2, -0.15) is 0 Å². The van der Waals surface area contributed by atoms with Gasteiger partial charge in [0.25, 0.3) is 0 Å². The van der Waals surface area contributed by atoms with E-state index in [1.54, 1.807) is 0 Å². The summed E-state index contributed by atoms with van der Waals surface area (Å²) in [6.45, 7) is 5.79. The van der Waals surface area contributed by atoms with Crippen molar-refractivity contribution >= 4 is 5.97 Å². The Hall–Kier alpha value is -0.570. The molecular weight excluding hydrogens is 192 g/mol. The molecule has 3 atom stereocenters. The zero-order chi connectivity index (χ0) is 11.4. The van der Waals surface area contributed by atoms with Gasteiger partial charge in [-0.15, -0.1) is 0 Å². The fourth-order valence-corrected chi connectivity index (χ4v) is 2.28. The molecule has 3 nitrogen and oxygen atoms in total. The topological polar surface area (TPSA) is 46.5 Å². The molecule has 3 heteroatoms. The molecule has 1 rings (SSSR count). The van der Waals surface area contributed by atoms with Crippen LogP contribution in [-0.2, 0) is 9.53 Å². The third kappa shape index (κ3) is 3.49. The highest BCUT2D eigenvalue weighted by atomic mass is 16.6. The Balaban J connectivity index is 2.53. The smallest absolute Gasteiger partial charge is 0.334 e. The number of hydrogen-bond acceptors (Lipinski definition) is 3. The van der Waals surface area contributed by atoms with Crippen molar-refractivity contribution in [2.24, 2.45) is 11.8 Å². The van der Waals surface area contributed by atoms with Gasteiger partial charge in [-0.05, 0) is 38.0 Å². The third-order valence-corrected chi connectivity index (χ3v) is 3.22. The molecule has 0 amide bonds. The van der Waals surface area contributed by atoms with Crippen LogP contribution in [0, 0.1) is 11.8 Å². The van der Waals surface area contributed by atoms with E-state index < -0.39 is 12.1 Å². The lowest BCUT2D eigenvalue weighted by atomic mass is 9.79. The third-order valence-electron chi connectivity index (χ3n) is 3.22. The first-order valence-corrected chi connectivity index (χ1v) is 5.91. The maximum atomic E-state index is 11.3.